The second-order valence-electron chi connectivity index (χ2n) is 8.97. The summed E-state index contributed by atoms with van der Waals surface area (Å²) in [7, 11) is 0. The van der Waals surface area contributed by atoms with E-state index in [0.29, 0.717) is 17.2 Å². The van der Waals surface area contributed by atoms with Gasteiger partial charge in [0.2, 0.25) is 0 Å². The van der Waals surface area contributed by atoms with Gasteiger partial charge in [0.05, 0.1) is 11.2 Å². The molecule has 3 aromatic rings. The van der Waals surface area contributed by atoms with Crippen LogP contribution in [-0.4, -0.2) is 58.7 Å². The minimum atomic E-state index is -0.101. The molecule has 0 spiro atoms. The van der Waals surface area contributed by atoms with E-state index < -0.39 is 0 Å². The van der Waals surface area contributed by atoms with Crippen LogP contribution in [0.1, 0.15) is 52.1 Å². The molecule has 5 heteroatoms. The number of fused-ring (bicyclic) bond motifs is 1. The molecule has 2 aliphatic rings. The van der Waals surface area contributed by atoms with Gasteiger partial charge in [-0.25, -0.2) is 4.98 Å². The van der Waals surface area contributed by atoms with Gasteiger partial charge in [-0.15, -0.1) is 0 Å². The number of ketones is 1. The van der Waals surface area contributed by atoms with Crippen molar-refractivity contribution in [3.63, 3.8) is 0 Å². The van der Waals surface area contributed by atoms with Gasteiger partial charge in [-0.3, -0.25) is 9.59 Å². The van der Waals surface area contributed by atoms with E-state index in [0.717, 1.165) is 42.5 Å². The van der Waals surface area contributed by atoms with E-state index in [1.54, 1.807) is 30.3 Å². The predicted molar refractivity (Wildman–Crippen MR) is 131 cm³/mol. The second kappa shape index (κ2) is 9.67. The summed E-state index contributed by atoms with van der Waals surface area (Å²) >= 11 is 0. The van der Waals surface area contributed by atoms with Crippen LogP contribution in [0.5, 0.6) is 0 Å². The highest BCUT2D eigenvalue weighted by Gasteiger charge is 2.28. The zero-order valence-electron chi connectivity index (χ0n) is 18.8. The summed E-state index contributed by atoms with van der Waals surface area (Å²) in [5.74, 6) is -0.0415. The van der Waals surface area contributed by atoms with Crippen LogP contribution in [0.25, 0.3) is 17.0 Å². The van der Waals surface area contributed by atoms with Crippen LogP contribution in [0.4, 0.5) is 0 Å². The largest absolute Gasteiger partial charge is 0.339 e. The number of nitrogens with zero attached hydrogens (tertiary/aromatic N) is 3. The molecule has 0 unspecified atom stereocenters. The number of allylic oxidation sites excluding steroid dienone is 1. The van der Waals surface area contributed by atoms with Crippen LogP contribution >= 0.6 is 0 Å². The minimum Gasteiger partial charge on any atom is -0.339 e. The standard InChI is InChI=1S/C28H29N3O2/c32-27(14-13-24-12-11-21-5-1-2-6-26(21)29-24)22-7-9-23(10-8-22)28(33)31-19-15-25(16-20-31)30-17-3-4-18-30/h1-2,5-14,25H,3-4,15-20H2/b14-13+. The number of amides is 1. The smallest absolute Gasteiger partial charge is 0.253 e. The van der Waals surface area contributed by atoms with Crippen molar-refractivity contribution in [2.75, 3.05) is 26.2 Å². The number of para-hydroxylation sites is 1. The van der Waals surface area contributed by atoms with E-state index >= 15 is 0 Å². The van der Waals surface area contributed by atoms with Crippen molar-refractivity contribution < 1.29 is 9.59 Å². The first kappa shape index (κ1) is 21.5. The number of pyridine rings is 1. The topological polar surface area (TPSA) is 53.5 Å². The lowest BCUT2D eigenvalue weighted by molar-refractivity contribution is 0.0644. The van der Waals surface area contributed by atoms with E-state index in [-0.39, 0.29) is 11.7 Å². The van der Waals surface area contributed by atoms with Gasteiger partial charge in [-0.05, 0) is 75.2 Å². The highest BCUT2D eigenvalue weighted by molar-refractivity contribution is 6.07. The molecule has 5 rings (SSSR count). The van der Waals surface area contributed by atoms with Crippen LogP contribution in [0, 0.1) is 0 Å². The third-order valence-electron chi connectivity index (χ3n) is 6.85. The Labute approximate surface area is 194 Å². The molecule has 5 nitrogen and oxygen atoms in total. The third-order valence-corrected chi connectivity index (χ3v) is 6.85. The molecule has 0 radical (unpaired) electrons. The van der Waals surface area contributed by atoms with Gasteiger partial charge in [0, 0.05) is 35.6 Å². The molecular formula is C28H29N3O2. The van der Waals surface area contributed by atoms with Crippen molar-refractivity contribution in [3.05, 3.63) is 83.6 Å². The Morgan fingerprint density at radius 3 is 2.27 bits per heavy atom. The Bertz CT molecular complexity index is 1170. The van der Waals surface area contributed by atoms with Gasteiger partial charge in [-0.2, -0.15) is 0 Å². The molecule has 2 aromatic carbocycles. The lowest BCUT2D eigenvalue weighted by atomic mass is 10.0. The van der Waals surface area contributed by atoms with Gasteiger partial charge in [0.1, 0.15) is 0 Å². The fourth-order valence-electron chi connectivity index (χ4n) is 4.93. The third kappa shape index (κ3) is 4.88. The van der Waals surface area contributed by atoms with Crippen LogP contribution in [0.15, 0.2) is 66.7 Å². The van der Waals surface area contributed by atoms with Gasteiger partial charge in [-0.1, -0.05) is 36.4 Å². The second-order valence-corrected chi connectivity index (χ2v) is 8.97. The molecule has 2 aliphatic heterocycles. The van der Waals surface area contributed by atoms with Crippen molar-refractivity contribution in [2.24, 2.45) is 0 Å². The zero-order chi connectivity index (χ0) is 22.6. The number of likely N-dealkylation sites (tertiary alicyclic amines) is 2. The molecular weight excluding hydrogens is 410 g/mol. The summed E-state index contributed by atoms with van der Waals surface area (Å²) in [6.45, 7) is 4.03. The first-order chi connectivity index (χ1) is 16.2. The lowest BCUT2D eigenvalue weighted by Crippen LogP contribution is -2.45. The average molecular weight is 440 g/mol. The quantitative estimate of drug-likeness (QED) is 0.422. The SMILES string of the molecule is O=C(/C=C/c1ccc2ccccc2n1)c1ccc(C(=O)N2CCC(N3CCCC3)CC2)cc1. The van der Waals surface area contributed by atoms with E-state index in [1.165, 1.54) is 32.0 Å². The molecule has 0 aliphatic carbocycles. The number of aromatic nitrogens is 1. The Balaban J connectivity index is 1.19. The number of carbonyl (C=O) groups excluding carboxylic acids is 2. The van der Waals surface area contributed by atoms with E-state index in [4.69, 9.17) is 0 Å². The number of benzene rings is 2. The highest BCUT2D eigenvalue weighted by atomic mass is 16.2. The summed E-state index contributed by atoms with van der Waals surface area (Å²) in [5.41, 5.74) is 2.85. The van der Waals surface area contributed by atoms with Gasteiger partial charge in [0.25, 0.3) is 5.91 Å². The summed E-state index contributed by atoms with van der Waals surface area (Å²) in [5, 5.41) is 1.07. The van der Waals surface area contributed by atoms with Gasteiger partial charge >= 0.3 is 0 Å². The molecule has 1 aromatic heterocycles. The zero-order valence-corrected chi connectivity index (χ0v) is 18.8. The minimum absolute atomic E-state index is 0.0600. The van der Waals surface area contributed by atoms with Crippen molar-refractivity contribution in [2.45, 2.75) is 31.7 Å². The Kier molecular flexibility index (Phi) is 6.31. The first-order valence-electron chi connectivity index (χ1n) is 11.9. The van der Waals surface area contributed by atoms with Crippen LogP contribution in [0.3, 0.4) is 0 Å². The maximum atomic E-state index is 12.9. The van der Waals surface area contributed by atoms with E-state index in [1.807, 2.05) is 41.3 Å². The average Bonchev–Trinajstić information content (AvgIpc) is 3.42. The molecule has 1 amide bonds. The number of hydrogen-bond donors (Lipinski definition) is 0. The van der Waals surface area contributed by atoms with Crippen molar-refractivity contribution in [1.82, 2.24) is 14.8 Å². The molecule has 0 N–H and O–H groups in total. The summed E-state index contributed by atoms with van der Waals surface area (Å²) in [6, 6.07) is 19.4. The molecule has 0 bridgehead atoms. The fourth-order valence-corrected chi connectivity index (χ4v) is 4.93. The molecule has 0 atom stereocenters. The van der Waals surface area contributed by atoms with Crippen LogP contribution in [-0.2, 0) is 0 Å². The monoisotopic (exact) mass is 439 g/mol. The first-order valence-corrected chi connectivity index (χ1v) is 11.9. The number of piperidine rings is 1. The molecule has 2 saturated heterocycles. The Morgan fingerprint density at radius 2 is 1.52 bits per heavy atom. The fraction of sp³-hybridized carbons (Fsp3) is 0.321. The predicted octanol–water partition coefficient (Wildman–Crippen LogP) is 4.83. The Morgan fingerprint density at radius 1 is 0.818 bits per heavy atom. The van der Waals surface area contributed by atoms with Crippen LogP contribution in [0.2, 0.25) is 0 Å². The molecule has 0 saturated carbocycles. The van der Waals surface area contributed by atoms with E-state index in [9.17, 15) is 9.59 Å². The van der Waals surface area contributed by atoms with Gasteiger partial charge < -0.3 is 9.80 Å². The van der Waals surface area contributed by atoms with Gasteiger partial charge in [0.15, 0.2) is 5.78 Å². The van der Waals surface area contributed by atoms with Crippen molar-refractivity contribution >= 4 is 28.7 Å². The lowest BCUT2D eigenvalue weighted by Gasteiger charge is -2.36. The highest BCUT2D eigenvalue weighted by Crippen LogP contribution is 2.22. The van der Waals surface area contributed by atoms with Crippen molar-refractivity contribution in [1.29, 1.82) is 0 Å². The van der Waals surface area contributed by atoms with Crippen molar-refractivity contribution in [3.8, 4) is 0 Å². The number of hydrogen-bond acceptors (Lipinski definition) is 4. The molecule has 3 heterocycles. The number of rotatable bonds is 5. The molecule has 168 valence electrons. The maximum absolute atomic E-state index is 12.9. The summed E-state index contributed by atoms with van der Waals surface area (Å²) in [4.78, 5) is 34.7. The molecule has 33 heavy (non-hydrogen) atoms. The molecule has 2 fully saturated rings. The Hall–Kier alpha value is -3.31. The van der Waals surface area contributed by atoms with Crippen LogP contribution < -0.4 is 0 Å². The van der Waals surface area contributed by atoms with E-state index in [2.05, 4.69) is 9.88 Å². The summed E-state index contributed by atoms with van der Waals surface area (Å²) < 4.78 is 0. The summed E-state index contributed by atoms with van der Waals surface area (Å²) in [6.07, 6.45) is 7.98. The number of carbonyl (C=O) groups is 2. The normalized spacial score (nSPS) is 17.8. The maximum Gasteiger partial charge on any atom is 0.253 e.